The van der Waals surface area contributed by atoms with Gasteiger partial charge in [0.1, 0.15) is 35.7 Å². The molecule has 45 heavy (non-hydrogen) atoms. The highest BCUT2D eigenvalue weighted by atomic mass is 19.1. The number of phenolic OH excluding ortho intramolecular Hbond substituents is 2. The number of ether oxygens (including phenoxy) is 2. The summed E-state index contributed by atoms with van der Waals surface area (Å²) in [5.41, 5.74) is 5.46. The van der Waals surface area contributed by atoms with Gasteiger partial charge >= 0.3 is 5.97 Å². The maximum Gasteiger partial charge on any atom is 0.328 e. The second-order valence-electron chi connectivity index (χ2n) is 11.0. The van der Waals surface area contributed by atoms with Crippen LogP contribution in [-0.2, 0) is 4.79 Å². The summed E-state index contributed by atoms with van der Waals surface area (Å²) in [6, 6.07) is 29.4. The molecule has 2 heterocycles. The van der Waals surface area contributed by atoms with E-state index >= 15 is 0 Å². The lowest BCUT2D eigenvalue weighted by atomic mass is 9.86. The molecule has 4 aromatic carbocycles. The fourth-order valence-corrected chi connectivity index (χ4v) is 5.44. The third kappa shape index (κ3) is 8.10. The van der Waals surface area contributed by atoms with Crippen molar-refractivity contribution in [2.24, 2.45) is 5.92 Å². The van der Waals surface area contributed by atoms with E-state index in [1.54, 1.807) is 36.4 Å². The lowest BCUT2D eigenvalue weighted by Gasteiger charge is -2.37. The van der Waals surface area contributed by atoms with E-state index < -0.39 is 5.97 Å². The molecule has 2 aliphatic rings. The molecule has 7 nitrogen and oxygen atoms in total. The van der Waals surface area contributed by atoms with E-state index in [1.807, 2.05) is 73.7 Å². The Balaban J connectivity index is 0.000000309. The smallest absolute Gasteiger partial charge is 0.328 e. The van der Waals surface area contributed by atoms with Crippen molar-refractivity contribution >= 4 is 23.2 Å². The molecule has 0 bridgehead atoms. The molecular formula is C37H36FNO6. The number of halogens is 1. The van der Waals surface area contributed by atoms with Gasteiger partial charge in [-0.1, -0.05) is 54.6 Å². The standard InChI is InChI=1S/C28H28FNO4.C9H8O2/c1-18-25-14-23(32)7-10-26(25)34-28(27(18)21-3-2-4-22(31)13-21)20-5-8-24(9-6-20)33-12-11-30-16-19(15-29)17-30;10-9(11)7-6-8-4-2-1-3-5-8/h2-10,13-14,19,28,31-32H,11-12,15-17H2,1H3;1-7H,(H,10,11)/b;7-6+/t28-;/m0./s1. The van der Waals surface area contributed by atoms with Crippen molar-refractivity contribution in [2.45, 2.75) is 13.0 Å². The normalized spacial score (nSPS) is 16.3. The first kappa shape index (κ1) is 31.3. The Labute approximate surface area is 262 Å². The molecule has 2 aliphatic heterocycles. The zero-order valence-electron chi connectivity index (χ0n) is 25.0. The van der Waals surface area contributed by atoms with Crippen LogP contribution in [0.5, 0.6) is 23.0 Å². The van der Waals surface area contributed by atoms with Crippen LogP contribution in [-0.4, -0.2) is 59.1 Å². The second kappa shape index (κ2) is 14.6. The summed E-state index contributed by atoms with van der Waals surface area (Å²) in [4.78, 5) is 12.3. The number of aliphatic carboxylic acids is 1. The molecule has 0 amide bonds. The Morgan fingerprint density at radius 2 is 1.69 bits per heavy atom. The zero-order valence-corrected chi connectivity index (χ0v) is 25.0. The van der Waals surface area contributed by atoms with Gasteiger partial charge in [0.25, 0.3) is 0 Å². The van der Waals surface area contributed by atoms with E-state index in [2.05, 4.69) is 4.90 Å². The van der Waals surface area contributed by atoms with Gasteiger partial charge in [-0.2, -0.15) is 0 Å². The van der Waals surface area contributed by atoms with Crippen LogP contribution in [0.15, 0.2) is 103 Å². The first-order chi connectivity index (χ1) is 21.8. The number of rotatable bonds is 9. The molecule has 0 aromatic heterocycles. The molecule has 1 atom stereocenters. The number of likely N-dealkylation sites (tertiary alicyclic amines) is 1. The summed E-state index contributed by atoms with van der Waals surface area (Å²) in [5.74, 6) is 1.09. The van der Waals surface area contributed by atoms with Crippen LogP contribution in [0.4, 0.5) is 4.39 Å². The van der Waals surface area contributed by atoms with E-state index in [9.17, 15) is 19.4 Å². The van der Waals surface area contributed by atoms with Crippen molar-refractivity contribution in [1.29, 1.82) is 0 Å². The maximum absolute atomic E-state index is 12.6. The van der Waals surface area contributed by atoms with Crippen LogP contribution in [0.2, 0.25) is 0 Å². The van der Waals surface area contributed by atoms with Crippen LogP contribution in [0.1, 0.15) is 35.3 Å². The highest BCUT2D eigenvalue weighted by molar-refractivity contribution is 5.96. The molecule has 1 saturated heterocycles. The fourth-order valence-electron chi connectivity index (χ4n) is 5.44. The van der Waals surface area contributed by atoms with Crippen LogP contribution in [0.3, 0.4) is 0 Å². The number of aromatic hydroxyl groups is 2. The van der Waals surface area contributed by atoms with Crippen molar-refractivity contribution in [2.75, 3.05) is 32.9 Å². The summed E-state index contributed by atoms with van der Waals surface area (Å²) >= 11 is 0. The van der Waals surface area contributed by atoms with E-state index in [0.29, 0.717) is 12.4 Å². The highest BCUT2D eigenvalue weighted by Crippen LogP contribution is 2.47. The predicted octanol–water partition coefficient (Wildman–Crippen LogP) is 7.23. The largest absolute Gasteiger partial charge is 0.508 e. The molecule has 0 saturated carbocycles. The summed E-state index contributed by atoms with van der Waals surface area (Å²) in [6.45, 7) is 4.72. The lowest BCUT2D eigenvalue weighted by Crippen LogP contribution is -2.49. The van der Waals surface area contributed by atoms with Crippen molar-refractivity contribution in [3.8, 4) is 23.0 Å². The first-order valence-corrected chi connectivity index (χ1v) is 14.8. The number of nitrogens with zero attached hydrogens (tertiary/aromatic N) is 1. The molecule has 0 radical (unpaired) electrons. The number of alkyl halides is 1. The minimum absolute atomic E-state index is 0.176. The Hall–Kier alpha value is -5.08. The predicted molar refractivity (Wildman–Crippen MR) is 173 cm³/mol. The number of carboxylic acid groups (broad SMARTS) is 1. The number of carboxylic acids is 1. The minimum atomic E-state index is -0.922. The molecule has 6 rings (SSSR count). The number of hydrogen-bond donors (Lipinski definition) is 3. The SMILES string of the molecule is CC1=C(c2cccc(O)c2)[C@H](c2ccc(OCCN3CC(CF)C3)cc2)Oc2ccc(O)cc21.O=C(O)/C=C/c1ccccc1. The third-order valence-corrected chi connectivity index (χ3v) is 7.76. The molecule has 8 heteroatoms. The van der Waals surface area contributed by atoms with E-state index in [1.165, 1.54) is 0 Å². The molecule has 0 spiro atoms. The molecule has 0 unspecified atom stereocenters. The number of phenols is 2. The third-order valence-electron chi connectivity index (χ3n) is 7.76. The van der Waals surface area contributed by atoms with Crippen LogP contribution < -0.4 is 9.47 Å². The fraction of sp³-hybridized carbons (Fsp3) is 0.216. The molecular weight excluding hydrogens is 573 g/mol. The topological polar surface area (TPSA) is 99.5 Å². The van der Waals surface area contributed by atoms with E-state index in [0.717, 1.165) is 64.9 Å². The Morgan fingerprint density at radius 1 is 0.956 bits per heavy atom. The van der Waals surface area contributed by atoms with Gasteiger partial charge < -0.3 is 24.8 Å². The summed E-state index contributed by atoms with van der Waals surface area (Å²) in [5, 5.41) is 28.4. The highest BCUT2D eigenvalue weighted by Gasteiger charge is 2.30. The van der Waals surface area contributed by atoms with Crippen LogP contribution in [0, 0.1) is 5.92 Å². The molecule has 1 fully saturated rings. The Bertz CT molecular complexity index is 1660. The van der Waals surface area contributed by atoms with Crippen molar-refractivity contribution in [3.05, 3.63) is 125 Å². The number of allylic oxidation sites excluding steroid dienone is 1. The van der Waals surface area contributed by atoms with E-state index in [-0.39, 0.29) is 30.2 Å². The first-order valence-electron chi connectivity index (χ1n) is 14.8. The van der Waals surface area contributed by atoms with Crippen molar-refractivity contribution in [3.63, 3.8) is 0 Å². The van der Waals surface area contributed by atoms with Gasteiger partial charge in [0.2, 0.25) is 0 Å². The van der Waals surface area contributed by atoms with E-state index in [4.69, 9.17) is 14.6 Å². The van der Waals surface area contributed by atoms with Gasteiger partial charge in [0, 0.05) is 42.8 Å². The lowest BCUT2D eigenvalue weighted by molar-refractivity contribution is -0.131. The zero-order chi connectivity index (χ0) is 31.8. The van der Waals surface area contributed by atoms with Gasteiger partial charge in [-0.3, -0.25) is 9.29 Å². The second-order valence-corrected chi connectivity index (χ2v) is 11.0. The number of fused-ring (bicyclic) bond motifs is 1. The average Bonchev–Trinajstić information content (AvgIpc) is 3.02. The minimum Gasteiger partial charge on any atom is -0.508 e. The monoisotopic (exact) mass is 609 g/mol. The van der Waals surface area contributed by atoms with Gasteiger partial charge in [-0.25, -0.2) is 4.79 Å². The number of carbonyl (C=O) groups is 1. The molecule has 3 N–H and O–H groups in total. The van der Waals surface area contributed by atoms with Gasteiger partial charge in [-0.05, 0) is 77.7 Å². The molecule has 232 valence electrons. The summed E-state index contributed by atoms with van der Waals surface area (Å²) in [7, 11) is 0. The maximum atomic E-state index is 12.6. The summed E-state index contributed by atoms with van der Waals surface area (Å²) in [6.07, 6.45) is 2.30. The number of hydrogen-bond acceptors (Lipinski definition) is 6. The van der Waals surface area contributed by atoms with Crippen molar-refractivity contribution in [1.82, 2.24) is 4.90 Å². The van der Waals surface area contributed by atoms with Gasteiger partial charge in [0.15, 0.2) is 0 Å². The summed E-state index contributed by atoms with van der Waals surface area (Å²) < 4.78 is 24.9. The van der Waals surface area contributed by atoms with Gasteiger partial charge in [0.05, 0.1) is 6.67 Å². The Kier molecular flexibility index (Phi) is 10.2. The molecule has 4 aromatic rings. The Morgan fingerprint density at radius 3 is 2.38 bits per heavy atom. The molecule has 0 aliphatic carbocycles. The van der Waals surface area contributed by atoms with Crippen LogP contribution in [0.25, 0.3) is 17.2 Å². The van der Waals surface area contributed by atoms with Crippen LogP contribution >= 0.6 is 0 Å². The average molecular weight is 610 g/mol. The van der Waals surface area contributed by atoms with Gasteiger partial charge in [-0.15, -0.1) is 0 Å². The quantitative estimate of drug-likeness (QED) is 0.172. The number of benzene rings is 4. The van der Waals surface area contributed by atoms with Crippen molar-refractivity contribution < 1.29 is 34.0 Å².